The maximum atomic E-state index is 13.5. The highest BCUT2D eigenvalue weighted by Gasteiger charge is 2.39. The lowest BCUT2D eigenvalue weighted by Crippen LogP contribution is -2.26. The highest BCUT2D eigenvalue weighted by atomic mass is 19.4. The number of carboxylic acid groups (broad SMARTS) is 1. The molecule has 38 heavy (non-hydrogen) atoms. The standard InChI is InChI=1S/C27H24F3N3O5/c1-14-8-15(2)10-18(9-14)33-21-13-17(27(28,29)30)5-6-19(21)24(25(33)35)32-31-20-7-4-16(11-22(20)34)12-23(38-3)26(36)37/h4-11,13,23,31,34H,12H2,1-3H3,(H,36,37). The van der Waals surface area contributed by atoms with Crippen molar-refractivity contribution < 1.29 is 37.7 Å². The van der Waals surface area contributed by atoms with E-state index < -0.39 is 29.7 Å². The summed E-state index contributed by atoms with van der Waals surface area (Å²) in [7, 11) is 1.26. The van der Waals surface area contributed by atoms with Gasteiger partial charge in [-0.05, 0) is 73.0 Å². The molecule has 3 aromatic carbocycles. The summed E-state index contributed by atoms with van der Waals surface area (Å²) in [5, 5.41) is 23.7. The van der Waals surface area contributed by atoms with Crippen LogP contribution in [0.5, 0.6) is 5.75 Å². The summed E-state index contributed by atoms with van der Waals surface area (Å²) in [6, 6.07) is 12.6. The molecule has 1 aliphatic rings. The molecule has 0 spiro atoms. The maximum Gasteiger partial charge on any atom is 0.416 e. The number of carboxylic acids is 1. The molecule has 0 aromatic heterocycles. The first-order valence-corrected chi connectivity index (χ1v) is 11.4. The van der Waals surface area contributed by atoms with E-state index in [0.29, 0.717) is 11.3 Å². The van der Waals surface area contributed by atoms with Crippen LogP contribution < -0.4 is 10.3 Å². The van der Waals surface area contributed by atoms with Gasteiger partial charge in [-0.25, -0.2) is 4.79 Å². The van der Waals surface area contributed by atoms with Gasteiger partial charge in [-0.15, -0.1) is 0 Å². The van der Waals surface area contributed by atoms with Crippen molar-refractivity contribution in [3.63, 3.8) is 0 Å². The molecule has 3 N–H and O–H groups in total. The van der Waals surface area contributed by atoms with E-state index in [1.54, 1.807) is 18.2 Å². The zero-order chi connectivity index (χ0) is 27.8. The van der Waals surface area contributed by atoms with E-state index in [9.17, 15) is 27.9 Å². The van der Waals surface area contributed by atoms with E-state index in [1.165, 1.54) is 30.2 Å². The van der Waals surface area contributed by atoms with Gasteiger partial charge in [-0.1, -0.05) is 12.1 Å². The third-order valence-electron chi connectivity index (χ3n) is 6.02. The fourth-order valence-electron chi connectivity index (χ4n) is 4.27. The molecule has 198 valence electrons. The number of hydrogen-bond acceptors (Lipinski definition) is 6. The smallest absolute Gasteiger partial charge is 0.416 e. The molecular formula is C27H24F3N3O5. The van der Waals surface area contributed by atoms with Gasteiger partial charge in [0.15, 0.2) is 11.8 Å². The number of rotatable bonds is 7. The number of hydrazone groups is 1. The number of carbonyl (C=O) groups is 2. The van der Waals surface area contributed by atoms with Gasteiger partial charge in [-0.2, -0.15) is 18.3 Å². The van der Waals surface area contributed by atoms with Crippen LogP contribution in [0, 0.1) is 13.8 Å². The van der Waals surface area contributed by atoms with Crippen molar-refractivity contribution in [1.82, 2.24) is 0 Å². The molecule has 1 unspecified atom stereocenters. The molecular weight excluding hydrogens is 503 g/mol. The van der Waals surface area contributed by atoms with E-state index in [0.717, 1.165) is 23.3 Å². The van der Waals surface area contributed by atoms with Crippen LogP contribution in [0.1, 0.15) is 27.8 Å². The number of ether oxygens (including phenoxy) is 1. The Labute approximate surface area is 216 Å². The number of aryl methyl sites for hydroxylation is 2. The Kier molecular flexibility index (Phi) is 7.14. The summed E-state index contributed by atoms with van der Waals surface area (Å²) in [6.45, 7) is 3.64. The van der Waals surface area contributed by atoms with Crippen molar-refractivity contribution in [2.75, 3.05) is 17.4 Å². The van der Waals surface area contributed by atoms with Gasteiger partial charge in [0.25, 0.3) is 5.91 Å². The monoisotopic (exact) mass is 527 g/mol. The fourth-order valence-corrected chi connectivity index (χ4v) is 4.27. The van der Waals surface area contributed by atoms with E-state index in [1.807, 2.05) is 19.9 Å². The summed E-state index contributed by atoms with van der Waals surface area (Å²) >= 11 is 0. The predicted octanol–water partition coefficient (Wildman–Crippen LogP) is 5.16. The number of halogens is 3. The van der Waals surface area contributed by atoms with Crippen LogP contribution >= 0.6 is 0 Å². The number of alkyl halides is 3. The number of anilines is 3. The molecule has 0 aliphatic carbocycles. The van der Waals surface area contributed by atoms with Crippen LogP contribution in [0.2, 0.25) is 0 Å². The lowest BCUT2D eigenvalue weighted by Gasteiger charge is -2.19. The Balaban J connectivity index is 1.71. The molecule has 1 atom stereocenters. The minimum Gasteiger partial charge on any atom is -0.506 e. The summed E-state index contributed by atoms with van der Waals surface area (Å²) < 4.78 is 45.4. The van der Waals surface area contributed by atoms with E-state index in [2.05, 4.69) is 10.5 Å². The lowest BCUT2D eigenvalue weighted by molar-refractivity contribution is -0.148. The Bertz CT molecular complexity index is 1430. The highest BCUT2D eigenvalue weighted by molar-refractivity contribution is 6.55. The number of benzene rings is 3. The molecule has 0 radical (unpaired) electrons. The van der Waals surface area contributed by atoms with E-state index >= 15 is 0 Å². The van der Waals surface area contributed by atoms with Crippen LogP contribution in [0.3, 0.4) is 0 Å². The van der Waals surface area contributed by atoms with Crippen LogP contribution in [0.25, 0.3) is 0 Å². The van der Waals surface area contributed by atoms with Crippen molar-refractivity contribution in [1.29, 1.82) is 0 Å². The van der Waals surface area contributed by atoms with E-state index in [4.69, 9.17) is 9.84 Å². The van der Waals surface area contributed by atoms with Crippen molar-refractivity contribution in [3.8, 4) is 5.75 Å². The van der Waals surface area contributed by atoms with Crippen molar-refractivity contribution in [2.45, 2.75) is 32.5 Å². The predicted molar refractivity (Wildman–Crippen MR) is 135 cm³/mol. The number of phenols is 1. The van der Waals surface area contributed by atoms with Gasteiger partial charge in [0.2, 0.25) is 0 Å². The third kappa shape index (κ3) is 5.32. The minimum atomic E-state index is -4.61. The summed E-state index contributed by atoms with van der Waals surface area (Å²) in [5.41, 5.74) is 4.43. The molecule has 4 rings (SSSR count). The fraction of sp³-hybridized carbons (Fsp3) is 0.222. The lowest BCUT2D eigenvalue weighted by atomic mass is 10.1. The first-order valence-electron chi connectivity index (χ1n) is 11.4. The molecule has 3 aromatic rings. The van der Waals surface area contributed by atoms with Crippen molar-refractivity contribution in [3.05, 3.63) is 82.4 Å². The Morgan fingerprint density at radius 1 is 1.08 bits per heavy atom. The zero-order valence-electron chi connectivity index (χ0n) is 20.6. The number of nitrogens with one attached hydrogen (secondary N) is 1. The van der Waals surface area contributed by atoms with Crippen molar-refractivity contribution in [2.24, 2.45) is 5.10 Å². The van der Waals surface area contributed by atoms with Crippen LogP contribution in [-0.4, -0.2) is 41.0 Å². The first-order chi connectivity index (χ1) is 17.9. The van der Waals surface area contributed by atoms with Crippen LogP contribution in [0.4, 0.5) is 30.2 Å². The normalized spacial score (nSPS) is 15.1. The van der Waals surface area contributed by atoms with Gasteiger partial charge in [0.1, 0.15) is 5.75 Å². The molecule has 0 bridgehead atoms. The van der Waals surface area contributed by atoms with Gasteiger partial charge < -0.3 is 14.9 Å². The zero-order valence-corrected chi connectivity index (χ0v) is 20.6. The van der Waals surface area contributed by atoms with Crippen LogP contribution in [-0.2, 0) is 26.9 Å². The average molecular weight is 527 g/mol. The molecule has 11 heteroatoms. The Morgan fingerprint density at radius 2 is 1.76 bits per heavy atom. The second-order valence-electron chi connectivity index (χ2n) is 8.91. The quantitative estimate of drug-likeness (QED) is 0.289. The number of amides is 1. The van der Waals surface area contributed by atoms with Crippen molar-refractivity contribution >= 4 is 34.7 Å². The summed E-state index contributed by atoms with van der Waals surface area (Å²) in [5.74, 6) is -2.06. The molecule has 0 saturated heterocycles. The number of nitrogens with zero attached hydrogens (tertiary/aromatic N) is 2. The number of fused-ring (bicyclic) bond motifs is 1. The SMILES string of the molecule is COC(Cc1ccc(NN=C2C(=O)N(c3cc(C)cc(C)c3)c3cc(C(F)(F)F)ccc32)c(O)c1)C(=O)O. The second kappa shape index (κ2) is 10.2. The maximum absolute atomic E-state index is 13.5. The van der Waals surface area contributed by atoms with Gasteiger partial charge in [0, 0.05) is 24.8 Å². The molecule has 0 fully saturated rings. The van der Waals surface area contributed by atoms with E-state index in [-0.39, 0.29) is 34.8 Å². The second-order valence-corrected chi connectivity index (χ2v) is 8.91. The largest absolute Gasteiger partial charge is 0.506 e. The van der Waals surface area contributed by atoms with Gasteiger partial charge in [0.05, 0.1) is 16.9 Å². The number of phenolic OH excluding ortho intramolecular Hbond substituents is 1. The third-order valence-corrected chi connectivity index (χ3v) is 6.02. The molecule has 0 saturated carbocycles. The molecule has 1 amide bonds. The highest BCUT2D eigenvalue weighted by Crippen LogP contribution is 2.41. The average Bonchev–Trinajstić information content (AvgIpc) is 3.11. The van der Waals surface area contributed by atoms with Gasteiger partial charge >= 0.3 is 12.1 Å². The number of methoxy groups -OCH3 is 1. The molecule has 1 aliphatic heterocycles. The summed E-state index contributed by atoms with van der Waals surface area (Å²) in [4.78, 5) is 25.8. The molecule has 8 nitrogen and oxygen atoms in total. The number of carbonyl (C=O) groups excluding carboxylic acids is 1. The number of aromatic hydroxyl groups is 1. The van der Waals surface area contributed by atoms with Crippen LogP contribution in [0.15, 0.2) is 59.7 Å². The Hall–Kier alpha value is -4.38. The number of aliphatic carboxylic acids is 1. The Morgan fingerprint density at radius 3 is 2.34 bits per heavy atom. The molecule has 1 heterocycles. The summed E-state index contributed by atoms with van der Waals surface area (Å²) in [6.07, 6.45) is -5.70. The topological polar surface area (TPSA) is 111 Å². The van der Waals surface area contributed by atoms with Gasteiger partial charge in [-0.3, -0.25) is 15.1 Å². The number of hydrogen-bond donors (Lipinski definition) is 3. The first kappa shape index (κ1) is 26.7. The minimum absolute atomic E-state index is 0.00641.